The van der Waals surface area contributed by atoms with Crippen LogP contribution in [0.4, 0.5) is 0 Å². The lowest BCUT2D eigenvalue weighted by atomic mass is 10.4. The minimum absolute atomic E-state index is 0.646. The molecule has 4 nitrogen and oxygen atoms in total. The second-order valence-electron chi connectivity index (χ2n) is 2.16. The van der Waals surface area contributed by atoms with Gasteiger partial charge in [0.15, 0.2) is 11.1 Å². The van der Waals surface area contributed by atoms with Crippen molar-refractivity contribution in [3.63, 3.8) is 0 Å². The van der Waals surface area contributed by atoms with Gasteiger partial charge in [-0.1, -0.05) is 0 Å². The molecule has 0 aliphatic heterocycles. The van der Waals surface area contributed by atoms with Crippen LogP contribution in [0.25, 0.3) is 0 Å². The monoisotopic (exact) mass is 174 g/mol. The third-order valence-corrected chi connectivity index (χ3v) is 2.62. The van der Waals surface area contributed by atoms with E-state index in [0.717, 1.165) is 11.4 Å². The number of rotatable bonds is 2. The smallest absolute Gasteiger partial charge is 0.192 e. The lowest BCUT2D eigenvalue weighted by Crippen LogP contribution is -1.95. The highest BCUT2D eigenvalue weighted by molar-refractivity contribution is 7.80. The lowest BCUT2D eigenvalue weighted by molar-refractivity contribution is 0.445. The molecule has 1 rings (SSSR count). The summed E-state index contributed by atoms with van der Waals surface area (Å²) in [5.74, 6) is 0. The summed E-state index contributed by atoms with van der Waals surface area (Å²) in [6.07, 6.45) is 0. The van der Waals surface area contributed by atoms with Crippen molar-refractivity contribution in [1.29, 1.82) is 0 Å². The topological polar surface area (TPSA) is 55.0 Å². The van der Waals surface area contributed by atoms with Gasteiger partial charge in [-0.2, -0.15) is 5.10 Å². The third kappa shape index (κ3) is 1.49. The molecule has 1 aromatic rings. The van der Waals surface area contributed by atoms with Crippen LogP contribution in [0.15, 0.2) is 4.90 Å². The van der Waals surface area contributed by atoms with Gasteiger partial charge in [0.1, 0.15) is 4.90 Å². The van der Waals surface area contributed by atoms with E-state index in [0.29, 0.717) is 4.90 Å². The first kappa shape index (κ1) is 8.42. The first-order valence-electron chi connectivity index (χ1n) is 3.14. The van der Waals surface area contributed by atoms with Crippen LogP contribution in [-0.2, 0) is 15.3 Å². The number of hydrogen-bond acceptors (Lipinski definition) is 3. The Morgan fingerprint density at radius 2 is 2.18 bits per heavy atom. The fourth-order valence-corrected chi connectivity index (χ4v) is 1.62. The van der Waals surface area contributed by atoms with Gasteiger partial charge in [0.05, 0.1) is 18.5 Å². The maximum Gasteiger partial charge on any atom is 0.192 e. The number of aromatic nitrogens is 2. The molecule has 0 fully saturated rings. The Bertz CT molecular complexity index is 263. The number of aromatic amines is 1. The Hall–Kier alpha value is -0.680. The molecule has 0 saturated carbocycles. The highest BCUT2D eigenvalue weighted by Crippen LogP contribution is 2.14. The van der Waals surface area contributed by atoms with Gasteiger partial charge in [-0.15, -0.1) is 0 Å². The Labute approximate surface area is 67.6 Å². The van der Waals surface area contributed by atoms with E-state index in [4.69, 9.17) is 0 Å². The summed E-state index contributed by atoms with van der Waals surface area (Å²) >= 11 is -1.38. The van der Waals surface area contributed by atoms with Gasteiger partial charge in [-0.05, 0) is 13.8 Å². The molecule has 0 saturated heterocycles. The fraction of sp³-hybridized carbons (Fsp3) is 0.500. The van der Waals surface area contributed by atoms with Gasteiger partial charge < -0.3 is 0 Å². The van der Waals surface area contributed by atoms with E-state index in [1.54, 1.807) is 6.92 Å². The molecule has 0 radical (unpaired) electrons. The molecule has 0 amide bonds. The second-order valence-corrected chi connectivity index (χ2v) is 3.38. The molecule has 62 valence electrons. The van der Waals surface area contributed by atoms with Crippen molar-refractivity contribution in [2.45, 2.75) is 18.7 Å². The minimum atomic E-state index is -1.38. The molecule has 0 bridgehead atoms. The Morgan fingerprint density at radius 1 is 1.55 bits per heavy atom. The Kier molecular flexibility index (Phi) is 2.41. The van der Waals surface area contributed by atoms with E-state index in [1.165, 1.54) is 7.11 Å². The zero-order valence-electron chi connectivity index (χ0n) is 6.67. The lowest BCUT2D eigenvalue weighted by Gasteiger charge is -1.96. The van der Waals surface area contributed by atoms with Gasteiger partial charge in [-0.3, -0.25) is 9.28 Å². The van der Waals surface area contributed by atoms with Crippen LogP contribution >= 0.6 is 0 Å². The SMILES string of the molecule is COS(=O)c1c(C)n[nH]c1C. The van der Waals surface area contributed by atoms with Gasteiger partial charge in [0, 0.05) is 0 Å². The van der Waals surface area contributed by atoms with E-state index >= 15 is 0 Å². The summed E-state index contributed by atoms with van der Waals surface area (Å²) in [6.45, 7) is 3.60. The molecular formula is C6H10N2O2S. The molecule has 1 unspecified atom stereocenters. The number of nitrogens with zero attached hydrogens (tertiary/aromatic N) is 1. The van der Waals surface area contributed by atoms with Crippen molar-refractivity contribution in [2.75, 3.05) is 7.11 Å². The number of H-pyrrole nitrogens is 1. The van der Waals surface area contributed by atoms with Gasteiger partial charge >= 0.3 is 0 Å². The highest BCUT2D eigenvalue weighted by Gasteiger charge is 2.12. The molecule has 1 atom stereocenters. The third-order valence-electron chi connectivity index (χ3n) is 1.38. The van der Waals surface area contributed by atoms with Gasteiger partial charge in [-0.25, -0.2) is 4.21 Å². The molecule has 1 heterocycles. The normalized spacial score (nSPS) is 13.4. The van der Waals surface area contributed by atoms with Crippen LogP contribution < -0.4 is 0 Å². The molecule has 1 aromatic heterocycles. The summed E-state index contributed by atoms with van der Waals surface area (Å²) in [5.41, 5.74) is 1.52. The van der Waals surface area contributed by atoms with Crippen LogP contribution in [0.2, 0.25) is 0 Å². The van der Waals surface area contributed by atoms with Crippen LogP contribution in [0.5, 0.6) is 0 Å². The molecular weight excluding hydrogens is 164 g/mol. The number of hydrogen-bond donors (Lipinski definition) is 1. The van der Waals surface area contributed by atoms with E-state index in [2.05, 4.69) is 14.4 Å². The highest BCUT2D eigenvalue weighted by atomic mass is 32.2. The molecule has 0 aliphatic rings. The second kappa shape index (κ2) is 3.15. The maximum absolute atomic E-state index is 11.1. The van der Waals surface area contributed by atoms with Crippen molar-refractivity contribution in [3.8, 4) is 0 Å². The fourth-order valence-electron chi connectivity index (χ4n) is 0.870. The van der Waals surface area contributed by atoms with Crippen LogP contribution in [0.1, 0.15) is 11.4 Å². The van der Waals surface area contributed by atoms with Crippen molar-refractivity contribution in [1.82, 2.24) is 10.2 Å². The largest absolute Gasteiger partial charge is 0.290 e. The van der Waals surface area contributed by atoms with Gasteiger partial charge in [0.25, 0.3) is 0 Å². The molecule has 0 aromatic carbocycles. The molecule has 5 heteroatoms. The first-order valence-corrected chi connectivity index (χ1v) is 4.22. The Morgan fingerprint density at radius 3 is 2.55 bits per heavy atom. The van der Waals surface area contributed by atoms with Crippen molar-refractivity contribution >= 4 is 11.1 Å². The van der Waals surface area contributed by atoms with E-state index in [9.17, 15) is 4.21 Å². The van der Waals surface area contributed by atoms with Crippen LogP contribution in [-0.4, -0.2) is 21.5 Å². The minimum Gasteiger partial charge on any atom is -0.290 e. The average molecular weight is 174 g/mol. The zero-order valence-corrected chi connectivity index (χ0v) is 7.49. The summed E-state index contributed by atoms with van der Waals surface area (Å²) in [7, 11) is 1.40. The van der Waals surface area contributed by atoms with Crippen molar-refractivity contribution < 1.29 is 8.39 Å². The predicted molar refractivity (Wildman–Crippen MR) is 41.5 cm³/mol. The molecule has 0 aliphatic carbocycles. The number of aryl methyl sites for hydroxylation is 2. The van der Waals surface area contributed by atoms with E-state index in [1.807, 2.05) is 6.92 Å². The quantitative estimate of drug-likeness (QED) is 0.717. The van der Waals surface area contributed by atoms with Crippen molar-refractivity contribution in [3.05, 3.63) is 11.4 Å². The van der Waals surface area contributed by atoms with Crippen molar-refractivity contribution in [2.24, 2.45) is 0 Å². The summed E-state index contributed by atoms with van der Waals surface area (Å²) in [5, 5.41) is 6.62. The van der Waals surface area contributed by atoms with Crippen LogP contribution in [0, 0.1) is 13.8 Å². The van der Waals surface area contributed by atoms with Crippen LogP contribution in [0.3, 0.4) is 0 Å². The zero-order chi connectivity index (χ0) is 8.43. The first-order chi connectivity index (χ1) is 5.16. The Balaban J connectivity index is 3.10. The van der Waals surface area contributed by atoms with E-state index in [-0.39, 0.29) is 0 Å². The summed E-state index contributed by atoms with van der Waals surface area (Å²) in [4.78, 5) is 0.646. The molecule has 0 spiro atoms. The van der Waals surface area contributed by atoms with Gasteiger partial charge in [0.2, 0.25) is 0 Å². The predicted octanol–water partition coefficient (Wildman–Crippen LogP) is 0.696. The number of nitrogens with one attached hydrogen (secondary N) is 1. The van der Waals surface area contributed by atoms with E-state index < -0.39 is 11.1 Å². The summed E-state index contributed by atoms with van der Waals surface area (Å²) in [6, 6.07) is 0. The summed E-state index contributed by atoms with van der Waals surface area (Å²) < 4.78 is 15.8. The standard InChI is InChI=1S/C6H10N2O2S/c1-4-6(11(9)10-3)5(2)8-7-4/h1-3H3,(H,7,8). The molecule has 11 heavy (non-hydrogen) atoms. The maximum atomic E-state index is 11.1. The molecule has 1 N–H and O–H groups in total. The average Bonchev–Trinajstić information content (AvgIpc) is 2.30.